The first-order valence-electron chi connectivity index (χ1n) is 8.05. The minimum absolute atomic E-state index is 0.0564. The summed E-state index contributed by atoms with van der Waals surface area (Å²) in [5, 5.41) is 0. The number of rotatable bonds is 1. The predicted molar refractivity (Wildman–Crippen MR) is 97.6 cm³/mol. The van der Waals surface area contributed by atoms with E-state index >= 15 is 0 Å². The second-order valence-corrected chi connectivity index (χ2v) is 8.50. The first-order valence-corrected chi connectivity index (χ1v) is 9.13. The molecule has 23 heavy (non-hydrogen) atoms. The van der Waals surface area contributed by atoms with E-state index in [0.717, 1.165) is 47.7 Å². The number of aromatic nitrogens is 3. The summed E-state index contributed by atoms with van der Waals surface area (Å²) in [6.45, 7) is 6.97. The number of nitrogens with zero attached hydrogens (tertiary/aromatic N) is 4. The average molecular weight is 427 g/mol. The number of anilines is 1. The Morgan fingerprint density at radius 2 is 2.04 bits per heavy atom. The third-order valence-electron chi connectivity index (χ3n) is 5.40. The molecular weight excluding hydrogens is 405 g/mol. The number of ether oxygens (including phenoxy) is 1. The SMILES string of the molecule is CC1(C)COC2(CCN(c3ncc(I)c4nccn34)CC2)[C@H]1N. The summed E-state index contributed by atoms with van der Waals surface area (Å²) in [6, 6.07) is 0.0927. The van der Waals surface area contributed by atoms with Crippen molar-refractivity contribution in [1.82, 2.24) is 14.4 Å². The van der Waals surface area contributed by atoms with Gasteiger partial charge in [0.05, 0.1) is 15.8 Å². The maximum Gasteiger partial charge on any atom is 0.211 e. The van der Waals surface area contributed by atoms with Gasteiger partial charge in [-0.15, -0.1) is 0 Å². The summed E-state index contributed by atoms with van der Waals surface area (Å²) < 4.78 is 9.32. The van der Waals surface area contributed by atoms with Crippen molar-refractivity contribution in [1.29, 1.82) is 0 Å². The second kappa shape index (κ2) is 5.29. The first kappa shape index (κ1) is 15.6. The van der Waals surface area contributed by atoms with E-state index in [1.807, 2.05) is 18.6 Å². The van der Waals surface area contributed by atoms with E-state index in [0.29, 0.717) is 0 Å². The molecule has 6 nitrogen and oxygen atoms in total. The van der Waals surface area contributed by atoms with Crippen LogP contribution in [0.5, 0.6) is 0 Å². The van der Waals surface area contributed by atoms with Crippen LogP contribution in [0, 0.1) is 8.99 Å². The van der Waals surface area contributed by atoms with Crippen LogP contribution in [-0.4, -0.2) is 45.7 Å². The zero-order chi connectivity index (χ0) is 16.2. The van der Waals surface area contributed by atoms with E-state index < -0.39 is 0 Å². The fourth-order valence-corrected chi connectivity index (χ4v) is 4.41. The molecule has 0 radical (unpaired) electrons. The molecule has 1 spiro atoms. The van der Waals surface area contributed by atoms with Crippen molar-refractivity contribution in [3.8, 4) is 0 Å². The van der Waals surface area contributed by atoms with Crippen molar-refractivity contribution in [2.45, 2.75) is 38.3 Å². The number of hydrogen-bond acceptors (Lipinski definition) is 5. The molecule has 0 unspecified atom stereocenters. The smallest absolute Gasteiger partial charge is 0.211 e. The van der Waals surface area contributed by atoms with Crippen molar-refractivity contribution >= 4 is 34.2 Å². The van der Waals surface area contributed by atoms with Crippen LogP contribution >= 0.6 is 22.6 Å². The zero-order valence-electron chi connectivity index (χ0n) is 13.5. The quantitative estimate of drug-likeness (QED) is 0.706. The van der Waals surface area contributed by atoms with Crippen LogP contribution in [0.4, 0.5) is 5.95 Å². The van der Waals surface area contributed by atoms with Crippen LogP contribution in [0.15, 0.2) is 18.6 Å². The molecule has 7 heteroatoms. The molecule has 1 atom stereocenters. The van der Waals surface area contributed by atoms with E-state index in [1.54, 1.807) is 0 Å². The summed E-state index contributed by atoms with van der Waals surface area (Å²) in [4.78, 5) is 11.4. The van der Waals surface area contributed by atoms with Crippen molar-refractivity contribution in [2.24, 2.45) is 11.1 Å². The maximum atomic E-state index is 6.52. The molecule has 0 aliphatic carbocycles. The molecule has 0 aromatic carbocycles. The number of nitrogens with two attached hydrogens (primary N) is 1. The van der Waals surface area contributed by atoms with Crippen LogP contribution in [0.1, 0.15) is 26.7 Å². The molecule has 0 saturated carbocycles. The van der Waals surface area contributed by atoms with Gasteiger partial charge in [0.25, 0.3) is 0 Å². The van der Waals surface area contributed by atoms with Crippen molar-refractivity contribution < 1.29 is 4.74 Å². The fourth-order valence-electron chi connectivity index (χ4n) is 3.87. The predicted octanol–water partition coefficient (Wildman–Crippen LogP) is 2.06. The number of fused-ring (bicyclic) bond motifs is 1. The molecule has 4 heterocycles. The standard InChI is InChI=1S/C16H22IN5O/c1-15(2)10-23-16(13(15)18)3-6-21(7-4-16)14-20-9-11(17)12-19-5-8-22(12)14/h5,8-9,13H,3-4,6-7,10,18H2,1-2H3/t13-/m0/s1. The molecule has 2 aromatic rings. The highest BCUT2D eigenvalue weighted by Crippen LogP contribution is 2.44. The van der Waals surface area contributed by atoms with Crippen LogP contribution in [0.2, 0.25) is 0 Å². The third kappa shape index (κ3) is 2.35. The Labute approximate surface area is 149 Å². The van der Waals surface area contributed by atoms with Crippen molar-refractivity contribution in [3.63, 3.8) is 0 Å². The lowest BCUT2D eigenvalue weighted by atomic mass is 9.75. The topological polar surface area (TPSA) is 68.7 Å². The van der Waals surface area contributed by atoms with Gasteiger partial charge in [-0.1, -0.05) is 13.8 Å². The Bertz CT molecular complexity index is 735. The van der Waals surface area contributed by atoms with Gasteiger partial charge in [0.1, 0.15) is 0 Å². The molecule has 2 N–H and O–H groups in total. The maximum absolute atomic E-state index is 6.52. The van der Waals surface area contributed by atoms with E-state index in [-0.39, 0.29) is 17.1 Å². The average Bonchev–Trinajstić information content (AvgIpc) is 3.11. The monoisotopic (exact) mass is 427 g/mol. The largest absolute Gasteiger partial charge is 0.373 e. The van der Waals surface area contributed by atoms with E-state index in [1.165, 1.54) is 0 Å². The van der Waals surface area contributed by atoms with Gasteiger partial charge in [0, 0.05) is 43.1 Å². The minimum Gasteiger partial charge on any atom is -0.373 e. The van der Waals surface area contributed by atoms with Crippen molar-refractivity contribution in [2.75, 3.05) is 24.6 Å². The van der Waals surface area contributed by atoms with Crippen LogP contribution < -0.4 is 10.6 Å². The minimum atomic E-state index is -0.169. The molecular formula is C16H22IN5O. The highest BCUT2D eigenvalue weighted by atomic mass is 127. The van der Waals surface area contributed by atoms with E-state index in [2.05, 4.69) is 55.7 Å². The summed E-state index contributed by atoms with van der Waals surface area (Å²) in [5.41, 5.74) is 7.38. The van der Waals surface area contributed by atoms with Crippen LogP contribution in [0.25, 0.3) is 5.65 Å². The van der Waals surface area contributed by atoms with Gasteiger partial charge in [-0.2, -0.15) is 0 Å². The van der Waals surface area contributed by atoms with Gasteiger partial charge < -0.3 is 15.4 Å². The van der Waals surface area contributed by atoms with Gasteiger partial charge in [-0.05, 0) is 35.4 Å². The molecule has 2 aliphatic rings. The van der Waals surface area contributed by atoms with Gasteiger partial charge in [-0.3, -0.25) is 4.40 Å². The molecule has 2 saturated heterocycles. The Morgan fingerprint density at radius 1 is 1.30 bits per heavy atom. The van der Waals surface area contributed by atoms with Gasteiger partial charge >= 0.3 is 0 Å². The molecule has 2 fully saturated rings. The highest BCUT2D eigenvalue weighted by molar-refractivity contribution is 14.1. The third-order valence-corrected chi connectivity index (χ3v) is 6.16. The summed E-state index contributed by atoms with van der Waals surface area (Å²) in [5.74, 6) is 0.957. The Kier molecular flexibility index (Phi) is 3.58. The fraction of sp³-hybridized carbons (Fsp3) is 0.625. The highest BCUT2D eigenvalue weighted by Gasteiger charge is 2.53. The Balaban J connectivity index is 1.58. The van der Waals surface area contributed by atoms with Crippen LogP contribution in [-0.2, 0) is 4.74 Å². The number of piperidine rings is 1. The number of imidazole rings is 1. The summed E-state index contributed by atoms with van der Waals surface area (Å²) >= 11 is 2.27. The Hall–Kier alpha value is -0.930. The lowest BCUT2D eigenvalue weighted by Gasteiger charge is -2.42. The zero-order valence-corrected chi connectivity index (χ0v) is 15.7. The summed E-state index contributed by atoms with van der Waals surface area (Å²) in [6.07, 6.45) is 7.59. The summed E-state index contributed by atoms with van der Waals surface area (Å²) in [7, 11) is 0. The van der Waals surface area contributed by atoms with Crippen molar-refractivity contribution in [3.05, 3.63) is 22.2 Å². The molecule has 2 aliphatic heterocycles. The van der Waals surface area contributed by atoms with E-state index in [9.17, 15) is 0 Å². The molecule has 4 rings (SSSR count). The first-order chi connectivity index (χ1) is 10.9. The normalized spacial score (nSPS) is 26.3. The second-order valence-electron chi connectivity index (χ2n) is 7.33. The van der Waals surface area contributed by atoms with Gasteiger partial charge in [0.15, 0.2) is 5.65 Å². The lowest BCUT2D eigenvalue weighted by molar-refractivity contribution is -0.0236. The Morgan fingerprint density at radius 3 is 2.70 bits per heavy atom. The lowest BCUT2D eigenvalue weighted by Crippen LogP contribution is -2.56. The number of halogens is 1. The molecule has 0 amide bonds. The molecule has 124 valence electrons. The molecule has 0 bridgehead atoms. The van der Waals surface area contributed by atoms with Gasteiger partial charge in [-0.25, -0.2) is 9.97 Å². The number of hydrogen-bond donors (Lipinski definition) is 1. The molecule has 2 aromatic heterocycles. The van der Waals surface area contributed by atoms with Crippen LogP contribution in [0.3, 0.4) is 0 Å². The van der Waals surface area contributed by atoms with E-state index in [4.69, 9.17) is 10.5 Å². The van der Waals surface area contributed by atoms with Gasteiger partial charge in [0.2, 0.25) is 5.95 Å².